The van der Waals surface area contributed by atoms with Gasteiger partial charge in [0, 0.05) is 37.3 Å². The van der Waals surface area contributed by atoms with E-state index in [0.29, 0.717) is 36.2 Å². The molecule has 7 nitrogen and oxygen atoms in total. The van der Waals surface area contributed by atoms with Gasteiger partial charge in [-0.3, -0.25) is 4.79 Å². The molecule has 2 rings (SSSR count). The van der Waals surface area contributed by atoms with Gasteiger partial charge in [-0.15, -0.1) is 0 Å². The predicted molar refractivity (Wildman–Crippen MR) is 123 cm³/mol. The average molecular weight is 431 g/mol. The summed E-state index contributed by atoms with van der Waals surface area (Å²) in [6.07, 6.45) is 1.26. The summed E-state index contributed by atoms with van der Waals surface area (Å²) in [7, 11) is 6.42. The Balaban J connectivity index is 1.91. The second-order valence-corrected chi connectivity index (χ2v) is 7.44. The first-order chi connectivity index (χ1) is 14.9. The molecule has 0 aliphatic carbocycles. The molecule has 0 unspecified atom stereocenters. The van der Waals surface area contributed by atoms with E-state index in [1.165, 1.54) is 0 Å². The molecule has 7 heteroatoms. The Morgan fingerprint density at radius 3 is 2.00 bits per heavy atom. The quantitative estimate of drug-likeness (QED) is 0.549. The highest BCUT2D eigenvalue weighted by Crippen LogP contribution is 2.30. The van der Waals surface area contributed by atoms with E-state index in [0.717, 1.165) is 30.0 Å². The van der Waals surface area contributed by atoms with E-state index < -0.39 is 0 Å². The van der Waals surface area contributed by atoms with E-state index in [9.17, 15) is 4.79 Å². The number of nitrogens with one attached hydrogen (secondary N) is 1. The highest BCUT2D eigenvalue weighted by molar-refractivity contribution is 5.91. The molecule has 0 fully saturated rings. The van der Waals surface area contributed by atoms with Crippen LogP contribution in [0.3, 0.4) is 0 Å². The minimum Gasteiger partial charge on any atom is -0.493 e. The average Bonchev–Trinajstić information content (AvgIpc) is 2.78. The molecule has 0 aliphatic rings. The van der Waals surface area contributed by atoms with E-state index >= 15 is 0 Å². The number of benzene rings is 2. The molecule has 0 saturated carbocycles. The summed E-state index contributed by atoms with van der Waals surface area (Å²) in [4.78, 5) is 14.8. The molecule has 1 amide bonds. The molecule has 0 aliphatic heterocycles. The molecule has 0 aromatic heterocycles. The van der Waals surface area contributed by atoms with E-state index in [2.05, 4.69) is 24.1 Å². The van der Waals surface area contributed by atoms with Gasteiger partial charge in [0.15, 0.2) is 23.0 Å². The van der Waals surface area contributed by atoms with Crippen molar-refractivity contribution in [2.75, 3.05) is 46.8 Å². The molecule has 1 N–H and O–H groups in total. The number of hydrogen-bond acceptors (Lipinski definition) is 6. The summed E-state index contributed by atoms with van der Waals surface area (Å²) >= 11 is 0. The maximum absolute atomic E-state index is 12.5. The number of ether oxygens (including phenoxy) is 4. The SMILES string of the molecule is COc1ccc(CCN(CCC(=O)Nc2ccc(OC)c(OC)c2)C(C)C)cc1OC. The Hall–Kier alpha value is -2.93. The number of methoxy groups -OCH3 is 4. The molecule has 31 heavy (non-hydrogen) atoms. The lowest BCUT2D eigenvalue weighted by molar-refractivity contribution is -0.116. The molecule has 170 valence electrons. The number of carbonyl (C=O) groups excluding carboxylic acids is 1. The molecule has 2 aromatic rings. The van der Waals surface area contributed by atoms with E-state index in [4.69, 9.17) is 18.9 Å². The zero-order valence-electron chi connectivity index (χ0n) is 19.4. The van der Waals surface area contributed by atoms with Gasteiger partial charge in [-0.1, -0.05) is 6.07 Å². The van der Waals surface area contributed by atoms with Crippen LogP contribution >= 0.6 is 0 Å². The van der Waals surface area contributed by atoms with Gasteiger partial charge in [0.25, 0.3) is 0 Å². The molecule has 0 bridgehead atoms. The highest BCUT2D eigenvalue weighted by Gasteiger charge is 2.14. The van der Waals surface area contributed by atoms with Gasteiger partial charge in [0.1, 0.15) is 0 Å². The minimum atomic E-state index is -0.0380. The highest BCUT2D eigenvalue weighted by atomic mass is 16.5. The van der Waals surface area contributed by atoms with Crippen molar-refractivity contribution in [1.82, 2.24) is 4.90 Å². The lowest BCUT2D eigenvalue weighted by Crippen LogP contribution is -2.35. The molecular formula is C24H34N2O5. The Kier molecular flexibility index (Phi) is 9.46. The fourth-order valence-corrected chi connectivity index (χ4v) is 3.32. The fourth-order valence-electron chi connectivity index (χ4n) is 3.32. The summed E-state index contributed by atoms with van der Waals surface area (Å²) in [5, 5.41) is 2.93. The summed E-state index contributed by atoms with van der Waals surface area (Å²) in [6.45, 7) is 5.79. The molecule has 0 heterocycles. The second-order valence-electron chi connectivity index (χ2n) is 7.44. The smallest absolute Gasteiger partial charge is 0.225 e. The van der Waals surface area contributed by atoms with Crippen LogP contribution in [0.5, 0.6) is 23.0 Å². The fraction of sp³-hybridized carbons (Fsp3) is 0.458. The Labute approximate surface area is 185 Å². The molecular weight excluding hydrogens is 396 g/mol. The number of anilines is 1. The molecule has 2 aromatic carbocycles. The third-order valence-electron chi connectivity index (χ3n) is 5.16. The van der Waals surface area contributed by atoms with Crippen molar-refractivity contribution in [2.24, 2.45) is 0 Å². The number of carbonyl (C=O) groups is 1. The standard InChI is InChI=1S/C24H34N2O5/c1-17(2)26(13-11-18-7-9-20(28-3)22(15-18)30-5)14-12-24(27)25-19-8-10-21(29-4)23(16-19)31-6/h7-10,15-17H,11-14H2,1-6H3,(H,25,27). The van der Waals surface area contributed by atoms with Crippen molar-refractivity contribution < 1.29 is 23.7 Å². The van der Waals surface area contributed by atoms with Crippen molar-refractivity contribution in [1.29, 1.82) is 0 Å². The van der Waals surface area contributed by atoms with Gasteiger partial charge in [-0.05, 0) is 50.1 Å². The second kappa shape index (κ2) is 12.1. The van der Waals surface area contributed by atoms with Crippen LogP contribution in [0.4, 0.5) is 5.69 Å². The van der Waals surface area contributed by atoms with E-state index in [-0.39, 0.29) is 5.91 Å². The van der Waals surface area contributed by atoms with Crippen LogP contribution in [0, 0.1) is 0 Å². The van der Waals surface area contributed by atoms with Gasteiger partial charge in [-0.2, -0.15) is 0 Å². The van der Waals surface area contributed by atoms with Crippen LogP contribution < -0.4 is 24.3 Å². The maximum atomic E-state index is 12.5. The first-order valence-corrected chi connectivity index (χ1v) is 10.4. The lowest BCUT2D eigenvalue weighted by atomic mass is 10.1. The third kappa shape index (κ3) is 7.07. The topological polar surface area (TPSA) is 69.3 Å². The first-order valence-electron chi connectivity index (χ1n) is 10.4. The molecule has 0 spiro atoms. The Morgan fingerprint density at radius 1 is 0.839 bits per heavy atom. The largest absolute Gasteiger partial charge is 0.493 e. The van der Waals surface area contributed by atoms with Crippen molar-refractivity contribution in [3.8, 4) is 23.0 Å². The van der Waals surface area contributed by atoms with Crippen molar-refractivity contribution in [3.05, 3.63) is 42.0 Å². The first kappa shape index (κ1) is 24.3. The number of hydrogen-bond donors (Lipinski definition) is 1. The van der Waals surface area contributed by atoms with Crippen molar-refractivity contribution in [2.45, 2.75) is 32.7 Å². The van der Waals surface area contributed by atoms with E-state index in [1.807, 2.05) is 18.2 Å². The number of nitrogens with zero attached hydrogens (tertiary/aromatic N) is 1. The zero-order valence-corrected chi connectivity index (χ0v) is 19.4. The lowest BCUT2D eigenvalue weighted by Gasteiger charge is -2.26. The molecule has 0 radical (unpaired) electrons. The number of rotatable bonds is 12. The predicted octanol–water partition coefficient (Wildman–Crippen LogP) is 4.00. The van der Waals surface area contributed by atoms with Gasteiger partial charge in [0.05, 0.1) is 28.4 Å². The summed E-state index contributed by atoms with van der Waals surface area (Å²) in [5.74, 6) is 2.62. The third-order valence-corrected chi connectivity index (χ3v) is 5.16. The number of amides is 1. The maximum Gasteiger partial charge on any atom is 0.225 e. The normalized spacial score (nSPS) is 10.8. The van der Waals surface area contributed by atoms with Crippen LogP contribution in [0.2, 0.25) is 0 Å². The van der Waals surface area contributed by atoms with E-state index in [1.54, 1.807) is 46.6 Å². The van der Waals surface area contributed by atoms with Gasteiger partial charge < -0.3 is 29.2 Å². The van der Waals surface area contributed by atoms with Crippen molar-refractivity contribution in [3.63, 3.8) is 0 Å². The van der Waals surface area contributed by atoms with Gasteiger partial charge >= 0.3 is 0 Å². The van der Waals surface area contributed by atoms with Crippen LogP contribution in [0.15, 0.2) is 36.4 Å². The monoisotopic (exact) mass is 430 g/mol. The van der Waals surface area contributed by atoms with Crippen molar-refractivity contribution >= 4 is 11.6 Å². The Bertz CT molecular complexity index is 854. The van der Waals surface area contributed by atoms with Crippen LogP contribution in [0.1, 0.15) is 25.8 Å². The van der Waals surface area contributed by atoms with Crippen LogP contribution in [-0.4, -0.2) is 58.4 Å². The molecule has 0 saturated heterocycles. The van der Waals surface area contributed by atoms with Gasteiger partial charge in [-0.25, -0.2) is 0 Å². The summed E-state index contributed by atoms with van der Waals surface area (Å²) < 4.78 is 21.2. The van der Waals surface area contributed by atoms with Crippen LogP contribution in [-0.2, 0) is 11.2 Å². The minimum absolute atomic E-state index is 0.0380. The zero-order chi connectivity index (χ0) is 22.8. The van der Waals surface area contributed by atoms with Crippen LogP contribution in [0.25, 0.3) is 0 Å². The van der Waals surface area contributed by atoms with Gasteiger partial charge in [0.2, 0.25) is 5.91 Å². The molecule has 0 atom stereocenters. The summed E-state index contributed by atoms with van der Waals surface area (Å²) in [5.41, 5.74) is 1.85. The summed E-state index contributed by atoms with van der Waals surface area (Å²) in [6, 6.07) is 11.6. The Morgan fingerprint density at radius 2 is 1.42 bits per heavy atom.